The molecule has 0 atom stereocenters. The molecule has 0 aliphatic carbocycles. The van der Waals surface area contributed by atoms with Crippen LogP contribution in [0.4, 0.5) is 0 Å². The number of rotatable bonds is 5. The maximum atomic E-state index is 12.3. The zero-order valence-electron chi connectivity index (χ0n) is 11.1. The van der Waals surface area contributed by atoms with Gasteiger partial charge in [-0.25, -0.2) is 8.42 Å². The second kappa shape index (κ2) is 5.14. The number of hydrogen-bond donors (Lipinski definition) is 1. The maximum absolute atomic E-state index is 12.3. The van der Waals surface area contributed by atoms with Gasteiger partial charge in [-0.3, -0.25) is 9.78 Å². The molecule has 8 heteroatoms. The molecule has 7 nitrogen and oxygen atoms in total. The fourth-order valence-electron chi connectivity index (χ4n) is 1.61. The van der Waals surface area contributed by atoms with Crippen LogP contribution in [-0.4, -0.2) is 39.7 Å². The molecule has 0 spiro atoms. The van der Waals surface area contributed by atoms with Gasteiger partial charge in [0.15, 0.2) is 0 Å². The van der Waals surface area contributed by atoms with E-state index < -0.39 is 10.0 Å². The molecule has 1 N–H and O–H groups in total. The summed E-state index contributed by atoms with van der Waals surface area (Å²) in [5.41, 5.74) is 0.738. The molecule has 0 unspecified atom stereocenters. The second-order valence-electron chi connectivity index (χ2n) is 4.59. The minimum absolute atomic E-state index is 0.127. The Morgan fingerprint density at radius 1 is 1.47 bits per heavy atom. The van der Waals surface area contributed by atoms with Gasteiger partial charge in [-0.05, 0) is 19.9 Å². The van der Waals surface area contributed by atoms with E-state index in [4.69, 9.17) is 0 Å². The average Bonchev–Trinajstić information content (AvgIpc) is 2.99. The molecule has 0 fully saturated rings. The molecule has 0 saturated heterocycles. The smallest absolute Gasteiger partial charge is 0.246 e. The summed E-state index contributed by atoms with van der Waals surface area (Å²) in [5.74, 6) is 0. The third kappa shape index (κ3) is 2.85. The Labute approximate surface area is 112 Å². The number of nitrogens with zero attached hydrogens (tertiary/aromatic N) is 4. The highest BCUT2D eigenvalue weighted by molar-refractivity contribution is 7.89. The monoisotopic (exact) mass is 283 g/mol. The van der Waals surface area contributed by atoms with Crippen LogP contribution in [-0.2, 0) is 16.6 Å². The van der Waals surface area contributed by atoms with Crippen molar-refractivity contribution in [1.29, 1.82) is 0 Å². The van der Waals surface area contributed by atoms with E-state index in [-0.39, 0.29) is 17.5 Å². The number of aromatic nitrogens is 4. The lowest BCUT2D eigenvalue weighted by Gasteiger charge is -2.14. The van der Waals surface area contributed by atoms with Gasteiger partial charge in [-0.2, -0.15) is 14.5 Å². The lowest BCUT2D eigenvalue weighted by molar-refractivity contribution is 0.461. The SMILES string of the molecule is CC(C)n1cc(S(=O)(=O)N(C)Cc2ccn[nH]2)cn1. The van der Waals surface area contributed by atoms with Crippen LogP contribution < -0.4 is 0 Å². The molecular formula is C11H17N5O2S. The maximum Gasteiger partial charge on any atom is 0.246 e. The first-order valence-electron chi connectivity index (χ1n) is 5.90. The molecule has 2 heterocycles. The number of sulfonamides is 1. The summed E-state index contributed by atoms with van der Waals surface area (Å²) < 4.78 is 27.6. The van der Waals surface area contributed by atoms with Crippen LogP contribution in [0, 0.1) is 0 Å². The molecule has 0 bridgehead atoms. The first kappa shape index (κ1) is 13.8. The van der Waals surface area contributed by atoms with Crippen molar-refractivity contribution in [1.82, 2.24) is 24.3 Å². The van der Waals surface area contributed by atoms with Crippen molar-refractivity contribution < 1.29 is 8.42 Å². The Kier molecular flexibility index (Phi) is 3.72. The molecule has 0 aromatic carbocycles. The summed E-state index contributed by atoms with van der Waals surface area (Å²) in [4.78, 5) is 0.197. The van der Waals surface area contributed by atoms with Crippen molar-refractivity contribution in [2.45, 2.75) is 31.3 Å². The van der Waals surface area contributed by atoms with Crippen LogP contribution >= 0.6 is 0 Å². The molecule has 2 rings (SSSR count). The Hall–Kier alpha value is -1.67. The highest BCUT2D eigenvalue weighted by Crippen LogP contribution is 2.16. The molecule has 19 heavy (non-hydrogen) atoms. The highest BCUT2D eigenvalue weighted by Gasteiger charge is 2.23. The van der Waals surface area contributed by atoms with Gasteiger partial charge in [-0.15, -0.1) is 0 Å². The molecule has 0 aliphatic heterocycles. The summed E-state index contributed by atoms with van der Waals surface area (Å²) in [6.07, 6.45) is 4.51. The van der Waals surface area contributed by atoms with Crippen molar-refractivity contribution in [2.75, 3.05) is 7.05 Å². The van der Waals surface area contributed by atoms with Gasteiger partial charge in [0.05, 0.1) is 18.4 Å². The Balaban J connectivity index is 2.21. The molecule has 0 aliphatic rings. The zero-order chi connectivity index (χ0) is 14.0. The van der Waals surface area contributed by atoms with Crippen LogP contribution in [0.3, 0.4) is 0 Å². The van der Waals surface area contributed by atoms with Crippen molar-refractivity contribution in [2.24, 2.45) is 0 Å². The second-order valence-corrected chi connectivity index (χ2v) is 6.64. The van der Waals surface area contributed by atoms with E-state index in [9.17, 15) is 8.42 Å². The van der Waals surface area contributed by atoms with E-state index in [1.165, 1.54) is 17.5 Å². The summed E-state index contributed by atoms with van der Waals surface area (Å²) in [7, 11) is -1.99. The first-order valence-corrected chi connectivity index (χ1v) is 7.34. The average molecular weight is 283 g/mol. The Bertz CT molecular complexity index is 630. The predicted molar refractivity (Wildman–Crippen MR) is 69.9 cm³/mol. The largest absolute Gasteiger partial charge is 0.281 e. The fraction of sp³-hybridized carbons (Fsp3) is 0.455. The van der Waals surface area contributed by atoms with Gasteiger partial charge in [0.25, 0.3) is 0 Å². The van der Waals surface area contributed by atoms with Crippen LogP contribution in [0.5, 0.6) is 0 Å². The number of H-pyrrole nitrogens is 1. The van der Waals surface area contributed by atoms with Gasteiger partial charge in [-0.1, -0.05) is 0 Å². The van der Waals surface area contributed by atoms with Gasteiger partial charge in [0.2, 0.25) is 10.0 Å². The van der Waals surface area contributed by atoms with E-state index in [0.29, 0.717) is 0 Å². The number of nitrogens with one attached hydrogen (secondary N) is 1. The van der Waals surface area contributed by atoms with E-state index >= 15 is 0 Å². The van der Waals surface area contributed by atoms with Gasteiger partial charge in [0, 0.05) is 25.5 Å². The Morgan fingerprint density at radius 2 is 2.21 bits per heavy atom. The molecule has 0 amide bonds. The quantitative estimate of drug-likeness (QED) is 0.887. The molecule has 0 saturated carbocycles. The van der Waals surface area contributed by atoms with Gasteiger partial charge < -0.3 is 0 Å². The van der Waals surface area contributed by atoms with Crippen molar-refractivity contribution >= 4 is 10.0 Å². The summed E-state index contributed by atoms with van der Waals surface area (Å²) in [5, 5.41) is 10.6. The van der Waals surface area contributed by atoms with Crippen LogP contribution in [0.1, 0.15) is 25.6 Å². The van der Waals surface area contributed by atoms with Crippen LogP contribution in [0.15, 0.2) is 29.6 Å². The third-order valence-electron chi connectivity index (χ3n) is 2.77. The lowest BCUT2D eigenvalue weighted by Crippen LogP contribution is -2.26. The van der Waals surface area contributed by atoms with Crippen LogP contribution in [0.2, 0.25) is 0 Å². The van der Waals surface area contributed by atoms with Crippen LogP contribution in [0.25, 0.3) is 0 Å². The molecule has 2 aromatic rings. The topological polar surface area (TPSA) is 83.9 Å². The highest BCUT2D eigenvalue weighted by atomic mass is 32.2. The van der Waals surface area contributed by atoms with Crippen molar-refractivity contribution in [3.05, 3.63) is 30.4 Å². The molecule has 0 radical (unpaired) electrons. The minimum Gasteiger partial charge on any atom is -0.281 e. The van der Waals surface area contributed by atoms with E-state index in [0.717, 1.165) is 5.69 Å². The predicted octanol–water partition coefficient (Wildman–Crippen LogP) is 1.01. The summed E-state index contributed by atoms with van der Waals surface area (Å²) in [6, 6.07) is 1.87. The van der Waals surface area contributed by atoms with E-state index in [2.05, 4.69) is 15.3 Å². The standard InChI is InChI=1S/C11H17N5O2S/c1-9(2)16-8-11(6-13-16)19(17,18)15(3)7-10-4-5-12-14-10/h4-6,8-9H,7H2,1-3H3,(H,12,14). The summed E-state index contributed by atoms with van der Waals surface area (Å²) >= 11 is 0. The number of hydrogen-bond acceptors (Lipinski definition) is 4. The van der Waals surface area contributed by atoms with Gasteiger partial charge in [0.1, 0.15) is 4.90 Å². The Morgan fingerprint density at radius 3 is 2.74 bits per heavy atom. The molecule has 104 valence electrons. The normalized spacial score (nSPS) is 12.5. The first-order chi connectivity index (χ1) is 8.91. The molecule has 2 aromatic heterocycles. The van der Waals surface area contributed by atoms with E-state index in [1.54, 1.807) is 23.1 Å². The minimum atomic E-state index is -3.53. The summed E-state index contributed by atoms with van der Waals surface area (Å²) in [6.45, 7) is 4.13. The zero-order valence-corrected chi connectivity index (χ0v) is 11.9. The lowest BCUT2D eigenvalue weighted by atomic mass is 10.4. The van der Waals surface area contributed by atoms with Crippen molar-refractivity contribution in [3.8, 4) is 0 Å². The number of aromatic amines is 1. The van der Waals surface area contributed by atoms with Crippen molar-refractivity contribution in [3.63, 3.8) is 0 Å². The van der Waals surface area contributed by atoms with Gasteiger partial charge >= 0.3 is 0 Å². The van der Waals surface area contributed by atoms with E-state index in [1.807, 2.05) is 13.8 Å². The fourth-order valence-corrected chi connectivity index (χ4v) is 2.70. The third-order valence-corrected chi connectivity index (χ3v) is 4.52. The molecular weight excluding hydrogens is 266 g/mol.